The maximum atomic E-state index is 8.74. The summed E-state index contributed by atoms with van der Waals surface area (Å²) in [6, 6.07) is 0. The van der Waals surface area contributed by atoms with Crippen LogP contribution < -0.4 is 0 Å². The summed E-state index contributed by atoms with van der Waals surface area (Å²) in [6.07, 6.45) is 0. The number of rotatable bonds is 0. The average Bonchev–Trinajstić information content (AvgIpc) is 1.25. The van der Waals surface area contributed by atoms with E-state index >= 15 is 0 Å². The van der Waals surface area contributed by atoms with Crippen LogP contribution >= 0.6 is 16.5 Å². The van der Waals surface area contributed by atoms with E-state index < -0.39 is 16.5 Å². The minimum absolute atomic E-state index is 0. The van der Waals surface area contributed by atoms with Gasteiger partial charge in [0.15, 0.2) is 0 Å². The molecule has 0 rings (SSSR count). The van der Waals surface area contributed by atoms with E-state index in [0.717, 1.165) is 0 Å². The van der Waals surface area contributed by atoms with Crippen molar-refractivity contribution in [2.75, 3.05) is 0 Å². The predicted octanol–water partition coefficient (Wildman–Crippen LogP) is -1.28. The van der Waals surface area contributed by atoms with Crippen molar-refractivity contribution >= 4 is 16.5 Å². The van der Waals surface area contributed by atoms with Crippen LogP contribution in [0.4, 0.5) is 0 Å². The van der Waals surface area contributed by atoms with Crippen LogP contribution in [0, 0.1) is 0 Å². The van der Waals surface area contributed by atoms with E-state index in [2.05, 4.69) is 0 Å². The van der Waals surface area contributed by atoms with Gasteiger partial charge in [-0.15, -0.1) is 0 Å². The van der Waals surface area contributed by atoms with Crippen molar-refractivity contribution in [2.45, 2.75) is 0 Å². The molecule has 0 bridgehead atoms. The Balaban J connectivity index is -0.0000000720. The molecule has 0 fully saturated rings. The molecule has 0 aromatic heterocycles. The van der Waals surface area contributed by atoms with Crippen LogP contribution in [-0.2, 0) is 25.6 Å². The Morgan fingerprint density at radius 1 is 0.778 bits per heavy atom. The van der Waals surface area contributed by atoms with Crippen LogP contribution in [0.2, 0.25) is 0 Å². The van der Waals surface area contributed by atoms with Gasteiger partial charge in [-0.1, -0.05) is 0 Å². The van der Waals surface area contributed by atoms with Crippen molar-refractivity contribution in [1.82, 2.24) is 0 Å². The van der Waals surface area contributed by atoms with Gasteiger partial charge < -0.3 is 19.6 Å². The zero-order chi connectivity index (χ0) is 7.15. The van der Waals surface area contributed by atoms with Crippen molar-refractivity contribution in [3.8, 4) is 0 Å². The molecule has 0 heterocycles. The largest absolute Gasteiger partial charge is 0.326 e. The van der Waals surface area contributed by atoms with E-state index in [1.165, 1.54) is 0 Å². The molecule has 0 unspecified atom stereocenters. The van der Waals surface area contributed by atoms with Crippen LogP contribution in [-0.4, -0.2) is 19.6 Å². The van der Waals surface area contributed by atoms with Gasteiger partial charge in [-0.25, -0.2) is 0 Å². The fourth-order valence-electron chi connectivity index (χ4n) is 0. The molecule has 0 aliphatic rings. The summed E-state index contributed by atoms with van der Waals surface area (Å²) < 4.78 is 17.5. The molecule has 0 saturated carbocycles. The molecule has 6 nitrogen and oxygen atoms in total. The van der Waals surface area contributed by atoms with Gasteiger partial charge in [0.1, 0.15) is 0 Å². The Kier molecular flexibility index (Phi) is 21.1. The molecule has 0 spiro atoms. The first-order valence-electron chi connectivity index (χ1n) is 1.30. The first kappa shape index (κ1) is 16.4. The topological polar surface area (TPSA) is 115 Å². The molecule has 9 heteroatoms. The van der Waals surface area contributed by atoms with Crippen LogP contribution in [0.15, 0.2) is 0 Å². The molecule has 9 heavy (non-hydrogen) atoms. The van der Waals surface area contributed by atoms with Crippen molar-refractivity contribution in [3.63, 3.8) is 0 Å². The summed E-state index contributed by atoms with van der Waals surface area (Å²) in [5.74, 6) is 0. The number of hydrogen-bond donors (Lipinski definition) is 4. The van der Waals surface area contributed by atoms with E-state index in [1.807, 2.05) is 0 Å². The van der Waals surface area contributed by atoms with Gasteiger partial charge in [0.25, 0.3) is 0 Å². The van der Waals surface area contributed by atoms with Gasteiger partial charge in [-0.05, 0) is 0 Å². The first-order valence-corrected chi connectivity index (χ1v) is 3.91. The molecule has 0 saturated heterocycles. The predicted molar refractivity (Wildman–Crippen MR) is 26.9 cm³/mol. The Bertz CT molecular complexity index is 69.1. The van der Waals surface area contributed by atoms with Gasteiger partial charge in [-0.2, -0.15) is 0 Å². The van der Waals surface area contributed by atoms with Crippen LogP contribution in [0.1, 0.15) is 0 Å². The summed E-state index contributed by atoms with van der Waals surface area (Å²) in [5, 5.41) is 0. The molecule has 0 aliphatic carbocycles. The molecular weight excluding hydrogens is 217 g/mol. The molecule has 0 amide bonds. The second-order valence-electron chi connectivity index (χ2n) is 0.565. The molecule has 4 N–H and O–H groups in total. The average molecular weight is 223 g/mol. The molecule has 0 aromatic carbocycles. The maximum Gasteiger partial charge on any atom is 0.314 e. The van der Waals surface area contributed by atoms with E-state index in [-0.39, 0.29) is 16.5 Å². The van der Waals surface area contributed by atoms with Gasteiger partial charge in [-0.3, -0.25) is 9.13 Å². The van der Waals surface area contributed by atoms with Gasteiger partial charge in [0.05, 0.1) is 0 Å². The van der Waals surface area contributed by atoms with Crippen LogP contribution in [0.3, 0.4) is 0 Å². The Morgan fingerprint density at radius 3 is 0.778 bits per heavy atom. The van der Waals surface area contributed by atoms with Gasteiger partial charge in [0.2, 0.25) is 0 Å². The fourth-order valence-corrected chi connectivity index (χ4v) is 0. The fraction of sp³-hybridized carbons (Fsp3) is 0. The SMILES string of the molecule is O=[PH](O)O.O=[PH](O)O.[Ni]. The zero-order valence-electron chi connectivity index (χ0n) is 3.92. The van der Waals surface area contributed by atoms with Crippen molar-refractivity contribution in [2.24, 2.45) is 0 Å². The Labute approximate surface area is 62.4 Å². The molecular formula is H6NiO6P2. The number of hydrogen-bond acceptors (Lipinski definition) is 2. The first-order chi connectivity index (χ1) is 3.46. The zero-order valence-corrected chi connectivity index (χ0v) is 6.91. The van der Waals surface area contributed by atoms with Gasteiger partial charge >= 0.3 is 16.5 Å². The van der Waals surface area contributed by atoms with Crippen molar-refractivity contribution < 1.29 is 45.2 Å². The van der Waals surface area contributed by atoms with E-state index in [0.29, 0.717) is 0 Å². The minimum atomic E-state index is -3.13. The smallest absolute Gasteiger partial charge is 0.314 e. The summed E-state index contributed by atoms with van der Waals surface area (Å²) in [5.41, 5.74) is 0. The summed E-state index contributed by atoms with van der Waals surface area (Å²) in [4.78, 5) is 28.6. The Hall–Kier alpha value is 0.794. The Morgan fingerprint density at radius 2 is 0.778 bits per heavy atom. The van der Waals surface area contributed by atoms with Crippen molar-refractivity contribution in [3.05, 3.63) is 0 Å². The standard InChI is InChI=1S/Ni.2H3O3P/c;2*1-4(2)3/h;2*4H,(H2,1,2,3). The quantitative estimate of drug-likeness (QED) is 0.300. The van der Waals surface area contributed by atoms with Crippen LogP contribution in [0.25, 0.3) is 0 Å². The molecule has 62 valence electrons. The summed E-state index contributed by atoms with van der Waals surface area (Å²) in [6.45, 7) is 0. The summed E-state index contributed by atoms with van der Waals surface area (Å²) >= 11 is 0. The third-order valence-corrected chi connectivity index (χ3v) is 0. The minimum Gasteiger partial charge on any atom is -0.326 e. The van der Waals surface area contributed by atoms with E-state index in [4.69, 9.17) is 28.7 Å². The summed E-state index contributed by atoms with van der Waals surface area (Å²) in [7, 11) is -6.26. The molecule has 0 aromatic rings. The van der Waals surface area contributed by atoms with E-state index in [1.54, 1.807) is 0 Å². The van der Waals surface area contributed by atoms with Gasteiger partial charge in [0, 0.05) is 16.5 Å². The second-order valence-corrected chi connectivity index (χ2v) is 1.70. The van der Waals surface area contributed by atoms with Crippen LogP contribution in [0.5, 0.6) is 0 Å². The third-order valence-electron chi connectivity index (χ3n) is 0. The van der Waals surface area contributed by atoms with Crippen molar-refractivity contribution in [1.29, 1.82) is 0 Å². The molecule has 0 atom stereocenters. The maximum absolute atomic E-state index is 8.74. The molecule has 0 aliphatic heterocycles. The molecule has 0 radical (unpaired) electrons. The second kappa shape index (κ2) is 11.6. The third kappa shape index (κ3) is 645. The normalized spacial score (nSPS) is 7.78. The van der Waals surface area contributed by atoms with E-state index in [9.17, 15) is 0 Å². The monoisotopic (exact) mass is 222 g/mol.